The van der Waals surface area contributed by atoms with Crippen molar-refractivity contribution in [2.45, 2.75) is 36.5 Å². The maximum atomic E-state index is 12.6. The third-order valence-electron chi connectivity index (χ3n) is 3.52. The largest absolute Gasteiger partial charge is 0.416 e. The van der Waals surface area contributed by atoms with Crippen LogP contribution >= 0.6 is 0 Å². The number of halogens is 3. The van der Waals surface area contributed by atoms with Gasteiger partial charge in [0.25, 0.3) is 0 Å². The highest BCUT2D eigenvalue weighted by Crippen LogP contribution is 2.32. The molecular weight excluding hydrogens is 293 g/mol. The van der Waals surface area contributed by atoms with Crippen molar-refractivity contribution >= 4 is 10.0 Å². The van der Waals surface area contributed by atoms with Gasteiger partial charge in [0.2, 0.25) is 10.0 Å². The van der Waals surface area contributed by atoms with E-state index in [-0.39, 0.29) is 17.5 Å². The van der Waals surface area contributed by atoms with Crippen LogP contribution in [0.15, 0.2) is 29.2 Å². The highest BCUT2D eigenvalue weighted by Gasteiger charge is 2.38. The van der Waals surface area contributed by atoms with Gasteiger partial charge in [0.05, 0.1) is 10.5 Å². The quantitative estimate of drug-likeness (QED) is 0.906. The van der Waals surface area contributed by atoms with Crippen molar-refractivity contribution in [1.82, 2.24) is 4.31 Å². The number of benzene rings is 1. The molecule has 0 aliphatic carbocycles. The normalized spacial score (nSPS) is 25.1. The molecule has 1 aromatic rings. The van der Waals surface area contributed by atoms with Crippen LogP contribution in [-0.4, -0.2) is 31.4 Å². The first kappa shape index (κ1) is 15.3. The predicted molar refractivity (Wildman–Crippen MR) is 67.4 cm³/mol. The molecule has 1 aliphatic heterocycles. The third-order valence-corrected chi connectivity index (χ3v) is 5.51. The maximum Gasteiger partial charge on any atom is 0.416 e. The number of rotatable bonds is 2. The van der Waals surface area contributed by atoms with E-state index in [0.717, 1.165) is 16.4 Å². The van der Waals surface area contributed by atoms with Gasteiger partial charge in [-0.15, -0.1) is 0 Å². The molecule has 0 bridgehead atoms. The summed E-state index contributed by atoms with van der Waals surface area (Å²) < 4.78 is 63.8. The van der Waals surface area contributed by atoms with Crippen LogP contribution in [0.1, 0.15) is 18.9 Å². The topological polar surface area (TPSA) is 63.4 Å². The molecule has 1 fully saturated rings. The predicted octanol–water partition coefficient (Wildman–Crippen LogP) is 1.82. The van der Waals surface area contributed by atoms with Gasteiger partial charge in [0.1, 0.15) is 0 Å². The summed E-state index contributed by atoms with van der Waals surface area (Å²) in [6, 6.07) is 3.05. The molecule has 20 heavy (non-hydrogen) atoms. The second-order valence-electron chi connectivity index (χ2n) is 4.83. The molecule has 2 atom stereocenters. The molecular formula is C12H15F3N2O2S. The highest BCUT2D eigenvalue weighted by atomic mass is 32.2. The molecule has 0 saturated carbocycles. The average molecular weight is 308 g/mol. The maximum absolute atomic E-state index is 12.6. The van der Waals surface area contributed by atoms with Crippen molar-refractivity contribution in [3.63, 3.8) is 0 Å². The van der Waals surface area contributed by atoms with Gasteiger partial charge < -0.3 is 5.73 Å². The molecule has 2 unspecified atom stereocenters. The summed E-state index contributed by atoms with van der Waals surface area (Å²) in [5.41, 5.74) is 4.78. The Morgan fingerprint density at radius 2 is 2.00 bits per heavy atom. The van der Waals surface area contributed by atoms with Crippen LogP contribution in [0.5, 0.6) is 0 Å². The third kappa shape index (κ3) is 2.68. The number of nitrogens with zero attached hydrogens (tertiary/aromatic N) is 1. The molecule has 112 valence electrons. The molecule has 8 heteroatoms. The van der Waals surface area contributed by atoms with Crippen molar-refractivity contribution < 1.29 is 21.6 Å². The molecule has 1 heterocycles. The van der Waals surface area contributed by atoms with Gasteiger partial charge in [-0.1, -0.05) is 6.07 Å². The molecule has 1 aromatic carbocycles. The Labute approximate surface area is 115 Å². The van der Waals surface area contributed by atoms with Crippen molar-refractivity contribution in [3.05, 3.63) is 29.8 Å². The smallest absolute Gasteiger partial charge is 0.326 e. The Morgan fingerprint density at radius 3 is 2.50 bits per heavy atom. The molecule has 2 rings (SSSR count). The zero-order valence-corrected chi connectivity index (χ0v) is 11.6. The SMILES string of the molecule is CC1C(N)CCN1S(=O)(=O)c1cccc(C(F)(F)F)c1. The molecule has 0 aromatic heterocycles. The molecule has 1 saturated heterocycles. The first-order valence-corrected chi connectivity index (χ1v) is 7.53. The second kappa shape index (κ2) is 5.01. The summed E-state index contributed by atoms with van der Waals surface area (Å²) in [5.74, 6) is 0. The minimum Gasteiger partial charge on any atom is -0.326 e. The van der Waals surface area contributed by atoms with Crippen molar-refractivity contribution in [1.29, 1.82) is 0 Å². The summed E-state index contributed by atoms with van der Waals surface area (Å²) in [4.78, 5) is -0.353. The minimum absolute atomic E-state index is 0.223. The average Bonchev–Trinajstić information content (AvgIpc) is 2.70. The first-order chi connectivity index (χ1) is 9.14. The van der Waals surface area contributed by atoms with Gasteiger partial charge in [-0.05, 0) is 31.5 Å². The van der Waals surface area contributed by atoms with Crippen LogP contribution in [-0.2, 0) is 16.2 Å². The van der Waals surface area contributed by atoms with E-state index in [1.807, 2.05) is 0 Å². The summed E-state index contributed by atoms with van der Waals surface area (Å²) in [6.45, 7) is 1.88. The Morgan fingerprint density at radius 1 is 1.35 bits per heavy atom. The lowest BCUT2D eigenvalue weighted by Gasteiger charge is -2.23. The van der Waals surface area contributed by atoms with Crippen LogP contribution in [0, 0.1) is 0 Å². The standard InChI is InChI=1S/C12H15F3N2O2S/c1-8-11(16)5-6-17(8)20(18,19)10-4-2-3-9(7-10)12(13,14)15/h2-4,7-8,11H,5-6,16H2,1H3. The second-order valence-corrected chi connectivity index (χ2v) is 6.73. The number of alkyl halides is 3. The highest BCUT2D eigenvalue weighted by molar-refractivity contribution is 7.89. The number of nitrogens with two attached hydrogens (primary N) is 1. The lowest BCUT2D eigenvalue weighted by Crippen LogP contribution is -2.40. The molecule has 0 radical (unpaired) electrons. The van der Waals surface area contributed by atoms with E-state index < -0.39 is 27.8 Å². The molecule has 2 N–H and O–H groups in total. The zero-order chi connectivity index (χ0) is 15.1. The monoisotopic (exact) mass is 308 g/mol. The van der Waals surface area contributed by atoms with Crippen molar-refractivity contribution in [2.24, 2.45) is 5.73 Å². The van der Waals surface area contributed by atoms with Crippen LogP contribution in [0.4, 0.5) is 13.2 Å². The zero-order valence-electron chi connectivity index (χ0n) is 10.8. The minimum atomic E-state index is -4.57. The van der Waals surface area contributed by atoms with E-state index in [2.05, 4.69) is 0 Å². The van der Waals surface area contributed by atoms with E-state index in [1.54, 1.807) is 6.92 Å². The van der Waals surface area contributed by atoms with E-state index in [9.17, 15) is 21.6 Å². The summed E-state index contributed by atoms with van der Waals surface area (Å²) in [6.07, 6.45) is -4.07. The number of hydrogen-bond acceptors (Lipinski definition) is 3. The fraction of sp³-hybridized carbons (Fsp3) is 0.500. The van der Waals surface area contributed by atoms with Gasteiger partial charge in [-0.3, -0.25) is 0 Å². The fourth-order valence-corrected chi connectivity index (χ4v) is 3.98. The molecule has 4 nitrogen and oxygen atoms in total. The number of hydrogen-bond donors (Lipinski definition) is 1. The van der Waals surface area contributed by atoms with Gasteiger partial charge in [0.15, 0.2) is 0 Å². The van der Waals surface area contributed by atoms with Crippen LogP contribution in [0.25, 0.3) is 0 Å². The summed E-state index contributed by atoms with van der Waals surface area (Å²) >= 11 is 0. The van der Waals surface area contributed by atoms with Crippen molar-refractivity contribution in [2.75, 3.05) is 6.54 Å². The van der Waals surface area contributed by atoms with Gasteiger partial charge in [0, 0.05) is 18.6 Å². The van der Waals surface area contributed by atoms with Crippen LogP contribution in [0.3, 0.4) is 0 Å². The lowest BCUT2D eigenvalue weighted by molar-refractivity contribution is -0.137. The lowest BCUT2D eigenvalue weighted by atomic mass is 10.2. The fourth-order valence-electron chi connectivity index (χ4n) is 2.24. The van der Waals surface area contributed by atoms with Gasteiger partial charge in [-0.2, -0.15) is 17.5 Å². The van der Waals surface area contributed by atoms with E-state index in [0.29, 0.717) is 12.5 Å². The molecule has 1 aliphatic rings. The first-order valence-electron chi connectivity index (χ1n) is 6.09. The Hall–Kier alpha value is -1.12. The molecule has 0 spiro atoms. The van der Waals surface area contributed by atoms with Crippen molar-refractivity contribution in [3.8, 4) is 0 Å². The Bertz CT molecular complexity index is 601. The van der Waals surface area contributed by atoms with Gasteiger partial charge >= 0.3 is 6.18 Å². The van der Waals surface area contributed by atoms with E-state index in [4.69, 9.17) is 5.73 Å². The Balaban J connectivity index is 2.41. The van der Waals surface area contributed by atoms with E-state index >= 15 is 0 Å². The molecule has 0 amide bonds. The summed E-state index contributed by atoms with van der Waals surface area (Å²) in [7, 11) is -3.95. The summed E-state index contributed by atoms with van der Waals surface area (Å²) in [5, 5.41) is 0. The number of sulfonamides is 1. The van der Waals surface area contributed by atoms with Gasteiger partial charge in [-0.25, -0.2) is 8.42 Å². The van der Waals surface area contributed by atoms with Crippen LogP contribution in [0.2, 0.25) is 0 Å². The van der Waals surface area contributed by atoms with E-state index in [1.165, 1.54) is 6.07 Å². The Kier molecular flexibility index (Phi) is 3.83. The van der Waals surface area contributed by atoms with Crippen LogP contribution < -0.4 is 5.73 Å².